The van der Waals surface area contributed by atoms with Crippen LogP contribution in [0.15, 0.2) is 48.5 Å². The summed E-state index contributed by atoms with van der Waals surface area (Å²) in [5, 5.41) is 35.5. The molecule has 10 heteroatoms. The fourth-order valence-corrected chi connectivity index (χ4v) is 5.29. The molecular weight excluding hydrogens is 454 g/mol. The van der Waals surface area contributed by atoms with E-state index in [1.54, 1.807) is 12.1 Å². The Balaban J connectivity index is 1.62. The first kappa shape index (κ1) is 20.4. The lowest BCUT2D eigenvalue weighted by Gasteiger charge is -2.34. The number of hydrogen-bond acceptors (Lipinski definition) is 7. The summed E-state index contributed by atoms with van der Waals surface area (Å²) in [6, 6.07) is 14.7. The average molecular weight is 473 g/mol. The van der Waals surface area contributed by atoms with Gasteiger partial charge in [0.15, 0.2) is 0 Å². The summed E-state index contributed by atoms with van der Waals surface area (Å²) in [6.07, 6.45) is -5.52. The number of aliphatic hydroxyl groups is 3. The molecule has 4 heterocycles. The molecule has 2 aromatic heterocycles. The number of amides is 2. The number of H-pyrrole nitrogens is 1. The molecule has 3 aromatic carbocycles. The Kier molecular flexibility index (Phi) is 4.10. The zero-order valence-electron chi connectivity index (χ0n) is 18.1. The molecule has 10 nitrogen and oxygen atoms in total. The average Bonchev–Trinajstić information content (AvgIpc) is 3.49. The molecule has 7 rings (SSSR count). The molecule has 1 saturated heterocycles. The molecule has 176 valence electrons. The predicted molar refractivity (Wildman–Crippen MR) is 125 cm³/mol. The van der Waals surface area contributed by atoms with Gasteiger partial charge in [0.25, 0.3) is 18.1 Å². The van der Waals surface area contributed by atoms with Crippen LogP contribution in [-0.4, -0.2) is 68.1 Å². The minimum atomic E-state index is -1.52. The van der Waals surface area contributed by atoms with Crippen molar-refractivity contribution in [1.29, 1.82) is 0 Å². The summed E-state index contributed by atoms with van der Waals surface area (Å²) >= 11 is 0. The van der Waals surface area contributed by atoms with Gasteiger partial charge in [-0.15, -0.1) is 0 Å². The number of carbonyl (C=O) groups excluding carboxylic acids is 2. The van der Waals surface area contributed by atoms with Crippen molar-refractivity contribution in [1.82, 2.24) is 15.0 Å². The van der Waals surface area contributed by atoms with Gasteiger partial charge in [0, 0.05) is 27.1 Å². The molecule has 2 aliphatic rings. The van der Waals surface area contributed by atoms with Crippen LogP contribution in [0.3, 0.4) is 0 Å². The second kappa shape index (κ2) is 7.03. The fourth-order valence-electron chi connectivity index (χ4n) is 5.29. The van der Waals surface area contributed by atoms with E-state index in [0.717, 1.165) is 10.9 Å². The first-order chi connectivity index (χ1) is 17.0. The topological polar surface area (TPSA) is 146 Å². The number of nitrogens with one attached hydrogen (secondary N) is 2. The SMILES string of the molecule is O=C1NC(=O)c2c1c1c3ccccc3[nH]c1c1c2c2ccccc2n1O[C@H]1OC[C@H](O)[C@H](O)[C@H]1O. The highest BCUT2D eigenvalue weighted by Crippen LogP contribution is 2.43. The van der Waals surface area contributed by atoms with Crippen LogP contribution in [0.1, 0.15) is 20.7 Å². The van der Waals surface area contributed by atoms with Gasteiger partial charge < -0.3 is 29.9 Å². The molecule has 0 unspecified atom stereocenters. The molecule has 2 aliphatic heterocycles. The van der Waals surface area contributed by atoms with E-state index in [-0.39, 0.29) is 12.2 Å². The molecule has 0 radical (unpaired) electrons. The summed E-state index contributed by atoms with van der Waals surface area (Å²) < 4.78 is 6.95. The van der Waals surface area contributed by atoms with Gasteiger partial charge in [-0.05, 0) is 12.1 Å². The molecule has 4 atom stereocenters. The van der Waals surface area contributed by atoms with Crippen molar-refractivity contribution in [2.75, 3.05) is 6.61 Å². The van der Waals surface area contributed by atoms with Crippen LogP contribution in [0.5, 0.6) is 0 Å². The Bertz CT molecular complexity index is 1720. The van der Waals surface area contributed by atoms with E-state index >= 15 is 0 Å². The minimum absolute atomic E-state index is 0.228. The maximum absolute atomic E-state index is 13.0. The van der Waals surface area contributed by atoms with E-state index in [0.29, 0.717) is 38.3 Å². The van der Waals surface area contributed by atoms with Gasteiger partial charge >= 0.3 is 0 Å². The molecule has 5 N–H and O–H groups in total. The predicted octanol–water partition coefficient (Wildman–Crippen LogP) is 1.18. The number of rotatable bonds is 2. The molecule has 35 heavy (non-hydrogen) atoms. The third-order valence-corrected chi connectivity index (χ3v) is 6.87. The summed E-state index contributed by atoms with van der Waals surface area (Å²) in [5.41, 5.74) is 2.95. The number of para-hydroxylation sites is 2. The van der Waals surface area contributed by atoms with Crippen LogP contribution in [0, 0.1) is 0 Å². The van der Waals surface area contributed by atoms with Crippen molar-refractivity contribution in [2.24, 2.45) is 0 Å². The monoisotopic (exact) mass is 473 g/mol. The summed E-state index contributed by atoms with van der Waals surface area (Å²) in [6.45, 7) is -0.228. The van der Waals surface area contributed by atoms with Crippen LogP contribution in [0.25, 0.3) is 43.6 Å². The number of nitrogens with zero attached hydrogens (tertiary/aromatic N) is 1. The van der Waals surface area contributed by atoms with Crippen molar-refractivity contribution in [3.8, 4) is 0 Å². The van der Waals surface area contributed by atoms with Crippen molar-refractivity contribution in [2.45, 2.75) is 24.6 Å². The number of aromatic nitrogens is 2. The zero-order chi connectivity index (χ0) is 24.0. The maximum atomic E-state index is 13.0. The van der Waals surface area contributed by atoms with Gasteiger partial charge in [0.1, 0.15) is 23.8 Å². The summed E-state index contributed by atoms with van der Waals surface area (Å²) in [4.78, 5) is 35.5. The Morgan fingerprint density at radius 1 is 0.886 bits per heavy atom. The van der Waals surface area contributed by atoms with Crippen LogP contribution < -0.4 is 10.2 Å². The van der Waals surface area contributed by atoms with Crippen LogP contribution in [0.2, 0.25) is 0 Å². The van der Waals surface area contributed by atoms with E-state index in [1.807, 2.05) is 36.4 Å². The van der Waals surface area contributed by atoms with E-state index in [1.165, 1.54) is 4.73 Å². The van der Waals surface area contributed by atoms with Crippen molar-refractivity contribution in [3.05, 3.63) is 59.7 Å². The highest BCUT2D eigenvalue weighted by atomic mass is 16.8. The first-order valence-corrected chi connectivity index (χ1v) is 11.1. The zero-order valence-corrected chi connectivity index (χ0v) is 18.1. The second-order valence-electron chi connectivity index (χ2n) is 8.84. The normalized spacial score (nSPS) is 24.5. The Hall–Kier alpha value is -3.96. The number of carbonyl (C=O) groups is 2. The minimum Gasteiger partial charge on any atom is -0.388 e. The van der Waals surface area contributed by atoms with Crippen LogP contribution >= 0.6 is 0 Å². The number of aliphatic hydroxyl groups excluding tert-OH is 3. The van der Waals surface area contributed by atoms with Crippen molar-refractivity contribution < 1.29 is 34.5 Å². The number of fused-ring (bicyclic) bond motifs is 10. The van der Waals surface area contributed by atoms with Crippen molar-refractivity contribution >= 4 is 55.4 Å². The molecule has 0 bridgehead atoms. The summed E-state index contributed by atoms with van der Waals surface area (Å²) in [5.74, 6) is -0.972. The number of imide groups is 1. The molecule has 2 amide bonds. The highest BCUT2D eigenvalue weighted by Gasteiger charge is 2.41. The van der Waals surface area contributed by atoms with E-state index in [2.05, 4.69) is 10.3 Å². The smallest absolute Gasteiger partial charge is 0.259 e. The van der Waals surface area contributed by atoms with Gasteiger partial charge in [-0.1, -0.05) is 36.4 Å². The van der Waals surface area contributed by atoms with E-state index in [4.69, 9.17) is 9.57 Å². The molecule has 5 aromatic rings. The van der Waals surface area contributed by atoms with Crippen LogP contribution in [-0.2, 0) is 4.74 Å². The number of benzene rings is 3. The van der Waals surface area contributed by atoms with Gasteiger partial charge in [-0.3, -0.25) is 14.9 Å². The molecule has 0 saturated carbocycles. The van der Waals surface area contributed by atoms with Gasteiger partial charge in [0.2, 0.25) is 0 Å². The molecule has 1 fully saturated rings. The first-order valence-electron chi connectivity index (χ1n) is 11.1. The van der Waals surface area contributed by atoms with Crippen molar-refractivity contribution in [3.63, 3.8) is 0 Å². The molecule has 0 aliphatic carbocycles. The standard InChI is InChI=1S/C25H19N3O7/c29-14-9-34-25(22(31)21(14)30)35-28-13-8-4-2-6-11(13)16-18-17(23(32)27-24(18)33)15-10-5-1-3-7-12(10)26-19(15)20(16)28/h1-8,14,21-22,25-26,29-31H,9H2,(H,27,32,33)/t14-,21-,22+,25+/m0/s1. The van der Waals surface area contributed by atoms with Gasteiger partial charge in [0.05, 0.1) is 28.8 Å². The second-order valence-corrected chi connectivity index (χ2v) is 8.84. The largest absolute Gasteiger partial charge is 0.388 e. The lowest BCUT2D eigenvalue weighted by atomic mass is 9.97. The Labute approximate surface area is 196 Å². The Morgan fingerprint density at radius 3 is 2.37 bits per heavy atom. The molecular formula is C25H19N3O7. The number of hydrogen-bond donors (Lipinski definition) is 5. The lowest BCUT2D eigenvalue weighted by Crippen LogP contribution is -2.56. The molecule has 0 spiro atoms. The third kappa shape index (κ3) is 2.61. The van der Waals surface area contributed by atoms with Gasteiger partial charge in [-0.25, -0.2) is 0 Å². The summed E-state index contributed by atoms with van der Waals surface area (Å²) in [7, 11) is 0. The van der Waals surface area contributed by atoms with E-state index < -0.39 is 36.4 Å². The highest BCUT2D eigenvalue weighted by molar-refractivity contribution is 6.39. The Morgan fingerprint density at radius 2 is 1.57 bits per heavy atom. The number of aromatic amines is 1. The fraction of sp³-hybridized carbons (Fsp3) is 0.200. The van der Waals surface area contributed by atoms with Gasteiger partial charge in [-0.2, -0.15) is 4.73 Å². The van der Waals surface area contributed by atoms with Crippen LogP contribution in [0.4, 0.5) is 0 Å². The van der Waals surface area contributed by atoms with E-state index in [9.17, 15) is 24.9 Å². The third-order valence-electron chi connectivity index (χ3n) is 6.87. The number of ether oxygens (including phenoxy) is 1. The quantitative estimate of drug-likeness (QED) is 0.242. The lowest BCUT2D eigenvalue weighted by molar-refractivity contribution is -0.266. The maximum Gasteiger partial charge on any atom is 0.259 e.